The molecule has 12 rings (SSSR count). The summed E-state index contributed by atoms with van der Waals surface area (Å²) in [5.74, 6) is 0. The molecule has 9 aromatic rings. The Balaban J connectivity index is 1.22. The first kappa shape index (κ1) is 34.9. The van der Waals surface area contributed by atoms with Crippen molar-refractivity contribution in [2.24, 2.45) is 0 Å². The Kier molecular flexibility index (Phi) is 7.53. The normalized spacial score (nSPS) is 14.0. The van der Waals surface area contributed by atoms with Gasteiger partial charge in [0.1, 0.15) is 0 Å². The Morgan fingerprint density at radius 3 is 1.78 bits per heavy atom. The van der Waals surface area contributed by atoms with E-state index in [0.29, 0.717) is 0 Å². The average Bonchev–Trinajstić information content (AvgIpc) is 3.28. The molecule has 3 aliphatic rings. The van der Waals surface area contributed by atoms with Crippen LogP contribution in [0.2, 0.25) is 0 Å². The van der Waals surface area contributed by atoms with E-state index in [1.54, 1.807) is 0 Å². The lowest BCUT2D eigenvalue weighted by Gasteiger charge is -2.50. The van der Waals surface area contributed by atoms with Crippen molar-refractivity contribution >= 4 is 57.0 Å². The number of para-hydroxylation sites is 1. The van der Waals surface area contributed by atoms with Crippen LogP contribution in [0.5, 0.6) is 0 Å². The van der Waals surface area contributed by atoms with Crippen molar-refractivity contribution < 1.29 is 0 Å². The summed E-state index contributed by atoms with van der Waals surface area (Å²) in [6.07, 6.45) is 0. The van der Waals surface area contributed by atoms with Crippen LogP contribution in [0.25, 0.3) is 55.3 Å². The number of rotatable bonds is 4. The molecule has 0 atom stereocenters. The third-order valence-electron chi connectivity index (χ3n) is 13.6. The van der Waals surface area contributed by atoms with E-state index in [1.807, 2.05) is 0 Å². The van der Waals surface area contributed by atoms with Crippen molar-refractivity contribution in [3.8, 4) is 44.5 Å². The van der Waals surface area contributed by atoms with Gasteiger partial charge in [0.05, 0.1) is 5.69 Å². The van der Waals surface area contributed by atoms with E-state index in [-0.39, 0.29) is 12.3 Å². The van der Waals surface area contributed by atoms with Crippen LogP contribution >= 0.6 is 0 Å². The first-order valence-electron chi connectivity index (χ1n) is 21.2. The summed E-state index contributed by atoms with van der Waals surface area (Å²) >= 11 is 0. The van der Waals surface area contributed by atoms with Crippen LogP contribution in [-0.4, -0.2) is 6.85 Å². The highest BCUT2D eigenvalue weighted by Gasteiger charge is 2.49. The predicted molar refractivity (Wildman–Crippen MR) is 256 cm³/mol. The summed E-state index contributed by atoms with van der Waals surface area (Å²) in [6.45, 7) is 9.29. The number of hydrogen-bond acceptors (Lipinski definition) is 2. The van der Waals surface area contributed by atoms with E-state index < -0.39 is 0 Å². The van der Waals surface area contributed by atoms with Crippen LogP contribution in [0.4, 0.5) is 28.4 Å². The maximum atomic E-state index is 2.65. The molecule has 0 amide bonds. The van der Waals surface area contributed by atoms with Gasteiger partial charge in [-0.25, -0.2) is 0 Å². The maximum absolute atomic E-state index is 2.65. The number of nitrogens with zero attached hydrogens (tertiary/aromatic N) is 2. The maximum Gasteiger partial charge on any atom is 0.333 e. The van der Waals surface area contributed by atoms with Crippen LogP contribution < -0.4 is 20.6 Å². The summed E-state index contributed by atoms with van der Waals surface area (Å²) < 4.78 is 0. The first-order chi connectivity index (χ1) is 29.3. The minimum absolute atomic E-state index is 0.0767. The van der Waals surface area contributed by atoms with Gasteiger partial charge in [0.15, 0.2) is 0 Å². The molecule has 60 heavy (non-hydrogen) atoms. The summed E-state index contributed by atoms with van der Waals surface area (Å²) in [5, 5.41) is 2.53. The Morgan fingerprint density at radius 1 is 0.433 bits per heavy atom. The molecule has 0 fully saturated rings. The van der Waals surface area contributed by atoms with Crippen LogP contribution in [0.1, 0.15) is 36.1 Å². The highest BCUT2D eigenvalue weighted by Crippen LogP contribution is 2.56. The molecule has 284 valence electrons. The largest absolute Gasteiger partial charge is 0.376 e. The molecule has 9 aromatic carbocycles. The van der Waals surface area contributed by atoms with Crippen LogP contribution in [-0.2, 0) is 5.41 Å². The highest BCUT2D eigenvalue weighted by molar-refractivity contribution is 6.93. The second kappa shape index (κ2) is 13.0. The van der Waals surface area contributed by atoms with Crippen LogP contribution in [0.3, 0.4) is 0 Å². The predicted octanol–water partition coefficient (Wildman–Crippen LogP) is 13.8. The minimum Gasteiger partial charge on any atom is -0.376 e. The average molecular weight is 767 g/mol. The standard InChI is InChI=1S/C57H43BN2/c1-36-16-13-17-37(2)54(36)44-32-47-46-31-43(39-20-9-6-10-21-39)28-29-51(46)60(45-25-14-24-40(30-45)38-18-7-5-8-19-38)58-50-27-15-26-48-56(50)59(53(35-44)55(47)58)52-34-42-23-12-11-22-41(42)33-49(52)57(48,3)4/h5-35H,1-4H3. The Morgan fingerprint density at radius 2 is 1.05 bits per heavy atom. The third-order valence-corrected chi connectivity index (χ3v) is 13.6. The molecule has 0 unspecified atom stereocenters. The van der Waals surface area contributed by atoms with Gasteiger partial charge < -0.3 is 9.71 Å². The van der Waals surface area contributed by atoms with Gasteiger partial charge in [-0.1, -0.05) is 153 Å². The molecule has 3 aliphatic heterocycles. The van der Waals surface area contributed by atoms with Gasteiger partial charge in [-0.2, -0.15) is 0 Å². The molecular formula is C57H43BN2. The monoisotopic (exact) mass is 766 g/mol. The second-order valence-corrected chi connectivity index (χ2v) is 17.4. The molecule has 3 heteroatoms. The fraction of sp³-hybridized carbons (Fsp3) is 0.0877. The van der Waals surface area contributed by atoms with Gasteiger partial charge >= 0.3 is 6.85 Å². The molecule has 0 bridgehead atoms. The van der Waals surface area contributed by atoms with Gasteiger partial charge in [-0.15, -0.1) is 0 Å². The van der Waals surface area contributed by atoms with Crippen molar-refractivity contribution in [3.05, 3.63) is 210 Å². The van der Waals surface area contributed by atoms with Crippen molar-refractivity contribution in [3.63, 3.8) is 0 Å². The lowest BCUT2D eigenvalue weighted by molar-refractivity contribution is 0.633. The molecular weight excluding hydrogens is 723 g/mol. The first-order valence-corrected chi connectivity index (χ1v) is 21.2. The number of anilines is 5. The van der Waals surface area contributed by atoms with Crippen molar-refractivity contribution in [2.75, 3.05) is 9.71 Å². The Labute approximate surface area is 353 Å². The van der Waals surface area contributed by atoms with E-state index in [0.717, 1.165) is 0 Å². The van der Waals surface area contributed by atoms with Gasteiger partial charge in [-0.3, -0.25) is 0 Å². The zero-order valence-corrected chi connectivity index (χ0v) is 34.4. The third kappa shape index (κ3) is 5.02. The van der Waals surface area contributed by atoms with Crippen molar-refractivity contribution in [1.82, 2.24) is 0 Å². The summed E-state index contributed by atoms with van der Waals surface area (Å²) in [5.41, 5.74) is 23.9. The highest BCUT2D eigenvalue weighted by atomic mass is 15.2. The smallest absolute Gasteiger partial charge is 0.333 e. The van der Waals surface area contributed by atoms with Gasteiger partial charge in [0.25, 0.3) is 0 Å². The van der Waals surface area contributed by atoms with E-state index in [4.69, 9.17) is 0 Å². The zero-order chi connectivity index (χ0) is 40.3. The van der Waals surface area contributed by atoms with Crippen LogP contribution in [0.15, 0.2) is 188 Å². The number of hydrogen-bond donors (Lipinski definition) is 0. The number of fused-ring (bicyclic) bond motifs is 7. The lowest BCUT2D eigenvalue weighted by atomic mass is 9.42. The second-order valence-electron chi connectivity index (χ2n) is 17.4. The Bertz CT molecular complexity index is 3200. The van der Waals surface area contributed by atoms with E-state index in [9.17, 15) is 0 Å². The minimum atomic E-state index is -0.235. The molecule has 0 saturated heterocycles. The fourth-order valence-electron chi connectivity index (χ4n) is 10.8. The van der Waals surface area contributed by atoms with Gasteiger partial charge in [0, 0.05) is 33.7 Å². The summed E-state index contributed by atoms with van der Waals surface area (Å²) in [4.78, 5) is 5.30. The van der Waals surface area contributed by atoms with Crippen LogP contribution in [0, 0.1) is 13.8 Å². The molecule has 3 heterocycles. The van der Waals surface area contributed by atoms with E-state index in [1.165, 1.54) is 117 Å². The number of aryl methyl sites for hydroxylation is 2. The summed E-state index contributed by atoms with van der Waals surface area (Å²) in [6, 6.07) is 70.6. The molecule has 0 aromatic heterocycles. The molecule has 2 nitrogen and oxygen atoms in total. The molecule has 0 radical (unpaired) electrons. The molecule has 0 spiro atoms. The molecule has 0 saturated carbocycles. The molecule has 0 aliphatic carbocycles. The van der Waals surface area contributed by atoms with Crippen molar-refractivity contribution in [1.29, 1.82) is 0 Å². The topological polar surface area (TPSA) is 6.48 Å². The van der Waals surface area contributed by atoms with Gasteiger partial charge in [0.2, 0.25) is 0 Å². The quantitative estimate of drug-likeness (QED) is 0.165. The van der Waals surface area contributed by atoms with Crippen molar-refractivity contribution in [2.45, 2.75) is 33.1 Å². The SMILES string of the molecule is Cc1cccc(C)c1-c1cc2c3c(c1)N1c4cc5ccccc5cc4C(C)(C)c4cccc(c41)B3N(c1cccc(-c3ccccc3)c1)c1ccc(-c3ccccc3)cc1-2. The number of benzene rings is 9. The van der Waals surface area contributed by atoms with E-state index in [2.05, 4.69) is 225 Å². The lowest BCUT2D eigenvalue weighted by Crippen LogP contribution is -2.62. The molecule has 0 N–H and O–H groups in total. The van der Waals surface area contributed by atoms with E-state index >= 15 is 0 Å². The van der Waals surface area contributed by atoms with Gasteiger partial charge in [-0.05, 0) is 145 Å². The zero-order valence-electron chi connectivity index (χ0n) is 34.4. The Hall–Kier alpha value is -7.10. The summed E-state index contributed by atoms with van der Waals surface area (Å²) in [7, 11) is 0. The fourth-order valence-corrected chi connectivity index (χ4v) is 10.8.